The number of aliphatic hydroxyl groups is 1. The molecule has 0 aliphatic carbocycles. The van der Waals surface area contributed by atoms with Crippen molar-refractivity contribution in [3.05, 3.63) is 57.5 Å². The Hall–Kier alpha value is -2.84. The van der Waals surface area contributed by atoms with Crippen LogP contribution in [0.4, 0.5) is 0 Å². The van der Waals surface area contributed by atoms with Gasteiger partial charge >= 0.3 is 0 Å². The molecule has 2 N–H and O–H groups in total. The van der Waals surface area contributed by atoms with Gasteiger partial charge in [-0.15, -0.1) is 11.3 Å². The summed E-state index contributed by atoms with van der Waals surface area (Å²) >= 11 is 1.25. The van der Waals surface area contributed by atoms with Gasteiger partial charge in [0.25, 0.3) is 5.91 Å². The fourth-order valence-corrected chi connectivity index (χ4v) is 4.51. The van der Waals surface area contributed by atoms with Gasteiger partial charge in [-0.3, -0.25) is 9.59 Å². The molecule has 1 amide bonds. The average molecular weight is 415 g/mol. The SMILES string of the molecule is COc1cc([C@@H]2C(C(=O)c3cccs3)=C(O)C(=O)N2C[C@@H]2CCCO2)ccc1O. The number of ether oxygens (including phenoxy) is 2. The lowest BCUT2D eigenvalue weighted by Crippen LogP contribution is -2.37. The first-order chi connectivity index (χ1) is 14.0. The van der Waals surface area contributed by atoms with E-state index in [4.69, 9.17) is 9.47 Å². The standard InChI is InChI=1S/C21H21NO6S/c1-27-15-10-12(6-7-14(15)23)18-17(19(24)16-5-3-9-29-16)20(25)21(26)22(18)11-13-4-2-8-28-13/h3,5-7,9-10,13,18,23,25H,2,4,8,11H2,1H3/t13-,18+/m0/s1. The second-order valence-electron chi connectivity index (χ2n) is 7.00. The number of phenols is 1. The Morgan fingerprint density at radius 2 is 2.17 bits per heavy atom. The molecule has 8 heteroatoms. The van der Waals surface area contributed by atoms with Crippen molar-refractivity contribution in [1.82, 2.24) is 4.90 Å². The van der Waals surface area contributed by atoms with Crippen molar-refractivity contribution in [2.45, 2.75) is 25.0 Å². The third-order valence-electron chi connectivity index (χ3n) is 5.24. The molecule has 0 spiro atoms. The van der Waals surface area contributed by atoms with Crippen LogP contribution in [0.3, 0.4) is 0 Å². The van der Waals surface area contributed by atoms with Crippen LogP contribution in [0.25, 0.3) is 0 Å². The van der Waals surface area contributed by atoms with Crippen molar-refractivity contribution in [2.24, 2.45) is 0 Å². The fraction of sp³-hybridized carbons (Fsp3) is 0.333. The highest BCUT2D eigenvalue weighted by molar-refractivity contribution is 7.12. The van der Waals surface area contributed by atoms with Crippen molar-refractivity contribution in [3.8, 4) is 11.5 Å². The van der Waals surface area contributed by atoms with Gasteiger partial charge in [-0.25, -0.2) is 0 Å². The minimum absolute atomic E-state index is 0.0307. The molecule has 152 valence electrons. The van der Waals surface area contributed by atoms with Gasteiger partial charge < -0.3 is 24.6 Å². The molecule has 2 aromatic rings. The van der Waals surface area contributed by atoms with E-state index in [1.54, 1.807) is 29.6 Å². The molecule has 0 saturated carbocycles. The first kappa shape index (κ1) is 19.5. The number of carbonyl (C=O) groups excluding carboxylic acids is 2. The van der Waals surface area contributed by atoms with Crippen LogP contribution >= 0.6 is 11.3 Å². The number of phenolic OH excluding ortho intramolecular Hbond substituents is 1. The molecular weight excluding hydrogens is 394 g/mol. The highest BCUT2D eigenvalue weighted by atomic mass is 32.1. The van der Waals surface area contributed by atoms with Crippen LogP contribution in [0.15, 0.2) is 47.0 Å². The van der Waals surface area contributed by atoms with Gasteiger partial charge in [0.1, 0.15) is 0 Å². The Kier molecular flexibility index (Phi) is 5.29. The van der Waals surface area contributed by atoms with Gasteiger partial charge in [-0.1, -0.05) is 12.1 Å². The molecule has 4 rings (SSSR count). The number of aromatic hydroxyl groups is 1. The predicted octanol–water partition coefficient (Wildman–Crippen LogP) is 3.22. The first-order valence-corrected chi connectivity index (χ1v) is 10.2. The van der Waals surface area contributed by atoms with Crippen LogP contribution in [0.1, 0.15) is 34.1 Å². The normalized spacial score (nSPS) is 21.8. The summed E-state index contributed by atoms with van der Waals surface area (Å²) in [5, 5.41) is 22.4. The van der Waals surface area contributed by atoms with E-state index in [0.717, 1.165) is 12.8 Å². The molecule has 2 atom stereocenters. The van der Waals surface area contributed by atoms with E-state index < -0.39 is 23.5 Å². The van der Waals surface area contributed by atoms with Crippen LogP contribution in [0.5, 0.6) is 11.5 Å². The van der Waals surface area contributed by atoms with Gasteiger partial charge in [0.2, 0.25) is 5.78 Å². The third-order valence-corrected chi connectivity index (χ3v) is 6.11. The van der Waals surface area contributed by atoms with Crippen LogP contribution in [-0.2, 0) is 9.53 Å². The number of rotatable bonds is 6. The Morgan fingerprint density at radius 1 is 1.34 bits per heavy atom. The number of nitrogens with zero attached hydrogens (tertiary/aromatic N) is 1. The van der Waals surface area contributed by atoms with E-state index in [9.17, 15) is 19.8 Å². The Balaban J connectivity index is 1.78. The number of aliphatic hydroxyl groups excluding tert-OH is 1. The number of Topliss-reactive ketones (excluding diaryl/α,β-unsaturated/α-hetero) is 1. The highest BCUT2D eigenvalue weighted by Gasteiger charge is 2.45. The van der Waals surface area contributed by atoms with Crippen LogP contribution in [0.2, 0.25) is 0 Å². The summed E-state index contributed by atoms with van der Waals surface area (Å²) in [6.07, 6.45) is 1.57. The lowest BCUT2D eigenvalue weighted by Gasteiger charge is -2.29. The quantitative estimate of drug-likeness (QED) is 0.704. The Bertz CT molecular complexity index is 962. The molecule has 3 heterocycles. The van der Waals surface area contributed by atoms with E-state index in [2.05, 4.69) is 0 Å². The number of benzene rings is 1. The monoisotopic (exact) mass is 415 g/mol. The zero-order valence-electron chi connectivity index (χ0n) is 15.8. The molecule has 1 aromatic heterocycles. The lowest BCUT2D eigenvalue weighted by atomic mass is 9.95. The van der Waals surface area contributed by atoms with Gasteiger partial charge in [-0.2, -0.15) is 0 Å². The summed E-state index contributed by atoms with van der Waals surface area (Å²) in [4.78, 5) is 28.0. The first-order valence-electron chi connectivity index (χ1n) is 9.32. The van der Waals surface area contributed by atoms with E-state index in [0.29, 0.717) is 17.0 Å². The molecule has 0 unspecified atom stereocenters. The largest absolute Gasteiger partial charge is 0.504 e. The maximum atomic E-state index is 13.2. The Labute approximate surface area is 171 Å². The number of carbonyl (C=O) groups is 2. The van der Waals surface area contributed by atoms with Crippen molar-refractivity contribution in [2.75, 3.05) is 20.3 Å². The summed E-state index contributed by atoms with van der Waals surface area (Å²) in [5.74, 6) is -1.36. The molecule has 1 saturated heterocycles. The number of ketones is 1. The molecule has 0 bridgehead atoms. The molecule has 1 fully saturated rings. The number of methoxy groups -OCH3 is 1. The topological polar surface area (TPSA) is 96.3 Å². The van der Waals surface area contributed by atoms with Crippen LogP contribution in [0, 0.1) is 0 Å². The summed E-state index contributed by atoms with van der Waals surface area (Å²) in [5.41, 5.74) is 0.596. The maximum Gasteiger partial charge on any atom is 0.290 e. The third kappa shape index (κ3) is 3.49. The van der Waals surface area contributed by atoms with E-state index in [1.165, 1.54) is 29.4 Å². The van der Waals surface area contributed by atoms with Crippen molar-refractivity contribution in [1.29, 1.82) is 0 Å². The van der Waals surface area contributed by atoms with Crippen molar-refractivity contribution >= 4 is 23.0 Å². The molecule has 29 heavy (non-hydrogen) atoms. The van der Waals surface area contributed by atoms with E-state index >= 15 is 0 Å². The van der Waals surface area contributed by atoms with Gasteiger partial charge in [0, 0.05) is 13.2 Å². The van der Waals surface area contributed by atoms with E-state index in [-0.39, 0.29) is 29.7 Å². The summed E-state index contributed by atoms with van der Waals surface area (Å²) in [7, 11) is 1.42. The number of thiophene rings is 1. The Morgan fingerprint density at radius 3 is 2.83 bits per heavy atom. The second-order valence-corrected chi connectivity index (χ2v) is 7.94. The minimum atomic E-state index is -0.796. The second kappa shape index (κ2) is 7.88. The number of hydrogen-bond acceptors (Lipinski definition) is 7. The lowest BCUT2D eigenvalue weighted by molar-refractivity contribution is -0.131. The van der Waals surface area contributed by atoms with Crippen LogP contribution in [-0.4, -0.2) is 53.2 Å². The molecule has 2 aliphatic rings. The average Bonchev–Trinajstić information content (AvgIpc) is 3.47. The summed E-state index contributed by atoms with van der Waals surface area (Å²) in [6.45, 7) is 0.892. The summed E-state index contributed by atoms with van der Waals surface area (Å²) < 4.78 is 10.9. The molecule has 1 aromatic carbocycles. The fourth-order valence-electron chi connectivity index (χ4n) is 3.83. The van der Waals surface area contributed by atoms with E-state index in [1.807, 2.05) is 0 Å². The van der Waals surface area contributed by atoms with Crippen molar-refractivity contribution < 1.29 is 29.3 Å². The smallest absolute Gasteiger partial charge is 0.290 e. The highest BCUT2D eigenvalue weighted by Crippen LogP contribution is 2.42. The molecule has 7 nitrogen and oxygen atoms in total. The zero-order chi connectivity index (χ0) is 20.5. The molecule has 0 radical (unpaired) electrons. The number of amides is 1. The number of hydrogen-bond donors (Lipinski definition) is 2. The van der Waals surface area contributed by atoms with Gasteiger partial charge in [-0.05, 0) is 42.0 Å². The van der Waals surface area contributed by atoms with Gasteiger partial charge in [0.05, 0.1) is 29.7 Å². The minimum Gasteiger partial charge on any atom is -0.504 e. The zero-order valence-corrected chi connectivity index (χ0v) is 16.6. The summed E-state index contributed by atoms with van der Waals surface area (Å²) in [6, 6.07) is 7.26. The predicted molar refractivity (Wildman–Crippen MR) is 106 cm³/mol. The van der Waals surface area contributed by atoms with Crippen molar-refractivity contribution in [3.63, 3.8) is 0 Å². The van der Waals surface area contributed by atoms with Gasteiger partial charge in [0.15, 0.2) is 17.3 Å². The van der Waals surface area contributed by atoms with Crippen LogP contribution < -0.4 is 4.74 Å². The molecular formula is C21H21NO6S. The maximum absolute atomic E-state index is 13.2. The molecule has 2 aliphatic heterocycles.